The van der Waals surface area contributed by atoms with Crippen molar-refractivity contribution in [2.75, 3.05) is 6.61 Å². The first-order valence-electron chi connectivity index (χ1n) is 6.47. The standard InChI is InChI=1S/C15H20O4/c1-4-19-14-7-5-11(9-12(14)10(2)3)13(16)6-8-15(17)18/h5,7,9-10H,4,6,8H2,1-3H3,(H,17,18). The number of carboxylic acids is 1. The molecule has 1 rings (SSSR count). The van der Waals surface area contributed by atoms with E-state index in [4.69, 9.17) is 9.84 Å². The highest BCUT2D eigenvalue weighted by atomic mass is 16.5. The van der Waals surface area contributed by atoms with Crippen molar-refractivity contribution in [3.05, 3.63) is 29.3 Å². The van der Waals surface area contributed by atoms with Crippen LogP contribution in [0.3, 0.4) is 0 Å². The number of Topliss-reactive ketones (excluding diaryl/α,β-unsaturated/α-hetero) is 1. The number of ketones is 1. The number of aliphatic carboxylic acids is 1. The van der Waals surface area contributed by atoms with E-state index < -0.39 is 5.97 Å². The summed E-state index contributed by atoms with van der Waals surface area (Å²) >= 11 is 0. The minimum atomic E-state index is -0.955. The Bertz CT molecular complexity index is 463. The molecule has 1 aromatic rings. The van der Waals surface area contributed by atoms with Crippen molar-refractivity contribution < 1.29 is 19.4 Å². The van der Waals surface area contributed by atoms with E-state index in [1.165, 1.54) is 0 Å². The van der Waals surface area contributed by atoms with Gasteiger partial charge in [0.25, 0.3) is 0 Å². The lowest BCUT2D eigenvalue weighted by atomic mass is 9.97. The van der Waals surface area contributed by atoms with E-state index in [0.29, 0.717) is 12.2 Å². The third-order valence-electron chi connectivity index (χ3n) is 2.82. The zero-order valence-corrected chi connectivity index (χ0v) is 11.6. The van der Waals surface area contributed by atoms with Crippen molar-refractivity contribution >= 4 is 11.8 Å². The van der Waals surface area contributed by atoms with E-state index >= 15 is 0 Å². The average molecular weight is 264 g/mol. The van der Waals surface area contributed by atoms with E-state index in [1.54, 1.807) is 18.2 Å². The summed E-state index contributed by atoms with van der Waals surface area (Å²) in [4.78, 5) is 22.4. The molecule has 0 aromatic heterocycles. The summed E-state index contributed by atoms with van der Waals surface area (Å²) in [5, 5.41) is 8.59. The molecule has 0 saturated carbocycles. The summed E-state index contributed by atoms with van der Waals surface area (Å²) < 4.78 is 5.53. The molecule has 19 heavy (non-hydrogen) atoms. The monoisotopic (exact) mass is 264 g/mol. The Labute approximate surface area is 113 Å². The molecule has 1 N–H and O–H groups in total. The largest absolute Gasteiger partial charge is 0.494 e. The van der Waals surface area contributed by atoms with Crippen molar-refractivity contribution in [2.45, 2.75) is 39.5 Å². The lowest BCUT2D eigenvalue weighted by Gasteiger charge is -2.14. The van der Waals surface area contributed by atoms with E-state index in [-0.39, 0.29) is 24.5 Å². The normalized spacial score (nSPS) is 10.5. The molecule has 0 spiro atoms. The van der Waals surface area contributed by atoms with Gasteiger partial charge in [0.1, 0.15) is 5.75 Å². The highest BCUT2D eigenvalue weighted by molar-refractivity contribution is 5.97. The van der Waals surface area contributed by atoms with Gasteiger partial charge in [-0.3, -0.25) is 9.59 Å². The predicted molar refractivity (Wildman–Crippen MR) is 72.9 cm³/mol. The first-order chi connectivity index (χ1) is 8.95. The molecule has 0 radical (unpaired) electrons. The summed E-state index contributed by atoms with van der Waals surface area (Å²) in [7, 11) is 0. The van der Waals surface area contributed by atoms with Crippen LogP contribution in [0.25, 0.3) is 0 Å². The molecule has 104 valence electrons. The maximum absolute atomic E-state index is 11.9. The number of ether oxygens (including phenoxy) is 1. The minimum absolute atomic E-state index is 0.0286. The van der Waals surface area contributed by atoms with Gasteiger partial charge in [0.05, 0.1) is 13.0 Å². The summed E-state index contributed by atoms with van der Waals surface area (Å²) in [5.41, 5.74) is 1.52. The van der Waals surface area contributed by atoms with E-state index in [1.807, 2.05) is 20.8 Å². The Balaban J connectivity index is 2.94. The molecular weight excluding hydrogens is 244 g/mol. The summed E-state index contributed by atoms with van der Waals surface area (Å²) in [5.74, 6) is -0.0724. The fourth-order valence-electron chi connectivity index (χ4n) is 1.82. The van der Waals surface area contributed by atoms with Gasteiger partial charge in [0, 0.05) is 12.0 Å². The number of carboxylic acid groups (broad SMARTS) is 1. The molecule has 0 atom stereocenters. The van der Waals surface area contributed by atoms with Crippen LogP contribution >= 0.6 is 0 Å². The first-order valence-corrected chi connectivity index (χ1v) is 6.47. The third kappa shape index (κ3) is 4.39. The summed E-state index contributed by atoms with van der Waals surface area (Å²) in [6.45, 7) is 6.55. The van der Waals surface area contributed by atoms with Crippen LogP contribution in [-0.2, 0) is 4.79 Å². The Morgan fingerprint density at radius 2 is 1.95 bits per heavy atom. The predicted octanol–water partition coefficient (Wildman–Crippen LogP) is 3.26. The van der Waals surface area contributed by atoms with Crippen LogP contribution in [0.1, 0.15) is 55.5 Å². The first kappa shape index (κ1) is 15.2. The highest BCUT2D eigenvalue weighted by Gasteiger charge is 2.13. The number of benzene rings is 1. The van der Waals surface area contributed by atoms with Crippen LogP contribution in [0.15, 0.2) is 18.2 Å². The Morgan fingerprint density at radius 3 is 2.47 bits per heavy atom. The average Bonchev–Trinajstić information content (AvgIpc) is 2.36. The molecule has 4 heteroatoms. The van der Waals surface area contributed by atoms with Gasteiger partial charge in [0.15, 0.2) is 5.78 Å². The lowest BCUT2D eigenvalue weighted by Crippen LogP contribution is -2.06. The smallest absolute Gasteiger partial charge is 0.303 e. The maximum Gasteiger partial charge on any atom is 0.303 e. The van der Waals surface area contributed by atoms with Crippen LogP contribution in [-0.4, -0.2) is 23.5 Å². The van der Waals surface area contributed by atoms with Crippen LogP contribution in [0.2, 0.25) is 0 Å². The highest BCUT2D eigenvalue weighted by Crippen LogP contribution is 2.28. The Morgan fingerprint density at radius 1 is 1.26 bits per heavy atom. The molecular formula is C15H20O4. The van der Waals surface area contributed by atoms with Gasteiger partial charge >= 0.3 is 5.97 Å². The van der Waals surface area contributed by atoms with Gasteiger partial charge in [-0.15, -0.1) is 0 Å². The fraction of sp³-hybridized carbons (Fsp3) is 0.467. The zero-order chi connectivity index (χ0) is 14.4. The second-order valence-electron chi connectivity index (χ2n) is 4.66. The number of rotatable bonds is 7. The van der Waals surface area contributed by atoms with Gasteiger partial charge < -0.3 is 9.84 Å². The van der Waals surface area contributed by atoms with E-state index in [0.717, 1.165) is 11.3 Å². The van der Waals surface area contributed by atoms with Gasteiger partial charge in [0.2, 0.25) is 0 Å². The molecule has 0 aliphatic heterocycles. The van der Waals surface area contributed by atoms with Crippen molar-refractivity contribution in [1.29, 1.82) is 0 Å². The van der Waals surface area contributed by atoms with Gasteiger partial charge in [-0.25, -0.2) is 0 Å². The van der Waals surface area contributed by atoms with Crippen molar-refractivity contribution in [3.8, 4) is 5.75 Å². The van der Waals surface area contributed by atoms with Crippen molar-refractivity contribution in [1.82, 2.24) is 0 Å². The molecule has 0 fully saturated rings. The molecule has 0 unspecified atom stereocenters. The summed E-state index contributed by atoms with van der Waals surface area (Å²) in [6.07, 6.45) is -0.107. The minimum Gasteiger partial charge on any atom is -0.494 e. The number of hydrogen-bond donors (Lipinski definition) is 1. The molecule has 0 saturated heterocycles. The van der Waals surface area contributed by atoms with E-state index in [2.05, 4.69) is 0 Å². The number of carbonyl (C=O) groups excluding carboxylic acids is 1. The van der Waals surface area contributed by atoms with Crippen molar-refractivity contribution in [2.24, 2.45) is 0 Å². The van der Waals surface area contributed by atoms with Gasteiger partial charge in [-0.1, -0.05) is 13.8 Å². The van der Waals surface area contributed by atoms with Gasteiger partial charge in [-0.05, 0) is 36.6 Å². The Kier molecular flexibility index (Phi) is 5.55. The Hall–Kier alpha value is -1.84. The van der Waals surface area contributed by atoms with Crippen LogP contribution < -0.4 is 4.74 Å². The van der Waals surface area contributed by atoms with Crippen LogP contribution in [0.4, 0.5) is 0 Å². The lowest BCUT2D eigenvalue weighted by molar-refractivity contribution is -0.136. The molecule has 0 bridgehead atoms. The number of carbonyl (C=O) groups is 2. The molecule has 0 aliphatic rings. The third-order valence-corrected chi connectivity index (χ3v) is 2.82. The summed E-state index contributed by atoms with van der Waals surface area (Å²) in [6, 6.07) is 5.29. The molecule has 0 heterocycles. The van der Waals surface area contributed by atoms with Crippen molar-refractivity contribution in [3.63, 3.8) is 0 Å². The second-order valence-corrected chi connectivity index (χ2v) is 4.66. The number of hydrogen-bond acceptors (Lipinski definition) is 3. The molecule has 1 aromatic carbocycles. The van der Waals surface area contributed by atoms with E-state index in [9.17, 15) is 9.59 Å². The maximum atomic E-state index is 11.9. The topological polar surface area (TPSA) is 63.6 Å². The second kappa shape index (κ2) is 6.92. The SMILES string of the molecule is CCOc1ccc(C(=O)CCC(=O)O)cc1C(C)C. The van der Waals surface area contributed by atoms with Gasteiger partial charge in [-0.2, -0.15) is 0 Å². The molecule has 0 aliphatic carbocycles. The quantitative estimate of drug-likeness (QED) is 0.768. The van der Waals surface area contributed by atoms with Crippen LogP contribution in [0.5, 0.6) is 5.75 Å². The molecule has 4 nitrogen and oxygen atoms in total. The fourth-order valence-corrected chi connectivity index (χ4v) is 1.82. The zero-order valence-electron chi connectivity index (χ0n) is 11.6. The van der Waals surface area contributed by atoms with Crippen LogP contribution in [0, 0.1) is 0 Å². The molecule has 0 amide bonds.